The molecular formula is C17H19ClN2O. The van der Waals surface area contributed by atoms with Crippen LogP contribution in [0.25, 0.3) is 0 Å². The van der Waals surface area contributed by atoms with E-state index >= 15 is 0 Å². The minimum atomic E-state index is -0.108. The highest BCUT2D eigenvalue weighted by atomic mass is 35.5. The zero-order valence-corrected chi connectivity index (χ0v) is 13.0. The molecule has 0 aliphatic heterocycles. The fourth-order valence-electron chi connectivity index (χ4n) is 2.16. The van der Waals surface area contributed by atoms with Gasteiger partial charge in [0.2, 0.25) is 0 Å². The van der Waals surface area contributed by atoms with E-state index in [1.165, 1.54) is 5.56 Å². The van der Waals surface area contributed by atoms with Crippen molar-refractivity contribution in [2.45, 2.75) is 19.9 Å². The molecule has 0 aromatic heterocycles. The highest BCUT2D eigenvalue weighted by Crippen LogP contribution is 2.20. The Labute approximate surface area is 130 Å². The van der Waals surface area contributed by atoms with Crippen molar-refractivity contribution in [3.63, 3.8) is 0 Å². The van der Waals surface area contributed by atoms with Gasteiger partial charge in [0.05, 0.1) is 5.56 Å². The highest BCUT2D eigenvalue weighted by molar-refractivity contribution is 6.31. The lowest BCUT2D eigenvalue weighted by atomic mass is 10.1. The molecule has 0 saturated carbocycles. The molecule has 0 aliphatic rings. The quantitative estimate of drug-likeness (QED) is 0.874. The van der Waals surface area contributed by atoms with Crippen molar-refractivity contribution < 1.29 is 4.79 Å². The van der Waals surface area contributed by atoms with E-state index in [1.807, 2.05) is 12.1 Å². The Kier molecular flexibility index (Phi) is 4.86. The number of hydrogen-bond acceptors (Lipinski definition) is 2. The number of nitrogens with zero attached hydrogens (tertiary/aromatic N) is 1. The number of carbonyl (C=O) groups is 1. The van der Waals surface area contributed by atoms with Crippen LogP contribution in [-0.2, 0) is 13.0 Å². The molecule has 0 saturated heterocycles. The summed E-state index contributed by atoms with van der Waals surface area (Å²) in [4.78, 5) is 14.1. The van der Waals surface area contributed by atoms with Crippen molar-refractivity contribution in [3.8, 4) is 0 Å². The molecule has 4 heteroatoms. The number of halogens is 1. The number of carbonyl (C=O) groups excluding carboxylic acids is 1. The second-order valence-electron chi connectivity index (χ2n) is 5.06. The zero-order valence-electron chi connectivity index (χ0n) is 12.3. The van der Waals surface area contributed by atoms with E-state index in [2.05, 4.69) is 19.1 Å². The fourth-order valence-corrected chi connectivity index (χ4v) is 2.34. The maximum absolute atomic E-state index is 12.4. The van der Waals surface area contributed by atoms with Crippen molar-refractivity contribution in [3.05, 3.63) is 64.2 Å². The van der Waals surface area contributed by atoms with Gasteiger partial charge in [0.25, 0.3) is 5.91 Å². The topological polar surface area (TPSA) is 46.3 Å². The molecular weight excluding hydrogens is 284 g/mol. The number of aryl methyl sites for hydroxylation is 1. The number of benzene rings is 2. The molecule has 0 aliphatic carbocycles. The summed E-state index contributed by atoms with van der Waals surface area (Å²) in [7, 11) is 1.77. The van der Waals surface area contributed by atoms with E-state index in [-0.39, 0.29) is 5.91 Å². The lowest BCUT2D eigenvalue weighted by Crippen LogP contribution is -2.26. The smallest absolute Gasteiger partial charge is 0.255 e. The van der Waals surface area contributed by atoms with Crippen molar-refractivity contribution in [1.82, 2.24) is 4.90 Å². The number of anilines is 1. The Morgan fingerprint density at radius 3 is 2.33 bits per heavy atom. The molecule has 1 amide bonds. The molecule has 0 atom stereocenters. The minimum Gasteiger partial charge on any atom is -0.398 e. The van der Waals surface area contributed by atoms with Crippen LogP contribution < -0.4 is 5.73 Å². The molecule has 0 heterocycles. The Morgan fingerprint density at radius 1 is 1.14 bits per heavy atom. The van der Waals surface area contributed by atoms with E-state index < -0.39 is 0 Å². The summed E-state index contributed by atoms with van der Waals surface area (Å²) in [5, 5.41) is 0.529. The van der Waals surface area contributed by atoms with Crippen LogP contribution in [0.4, 0.5) is 5.69 Å². The van der Waals surface area contributed by atoms with Crippen LogP contribution >= 0.6 is 11.6 Å². The van der Waals surface area contributed by atoms with Gasteiger partial charge in [0.1, 0.15) is 0 Å². The van der Waals surface area contributed by atoms with Gasteiger partial charge in [0.15, 0.2) is 0 Å². The molecule has 0 bridgehead atoms. The molecule has 2 aromatic carbocycles. The van der Waals surface area contributed by atoms with E-state index in [1.54, 1.807) is 30.1 Å². The summed E-state index contributed by atoms with van der Waals surface area (Å²) in [5.74, 6) is -0.108. The van der Waals surface area contributed by atoms with Gasteiger partial charge in [-0.2, -0.15) is 0 Å². The molecule has 21 heavy (non-hydrogen) atoms. The first-order chi connectivity index (χ1) is 10.0. The summed E-state index contributed by atoms with van der Waals surface area (Å²) < 4.78 is 0. The third-order valence-corrected chi connectivity index (χ3v) is 3.68. The molecule has 110 valence electrons. The predicted molar refractivity (Wildman–Crippen MR) is 87.5 cm³/mol. The molecule has 0 spiro atoms. The van der Waals surface area contributed by atoms with Gasteiger partial charge in [-0.1, -0.05) is 42.8 Å². The van der Waals surface area contributed by atoms with Crippen LogP contribution in [0.5, 0.6) is 0 Å². The van der Waals surface area contributed by atoms with Crippen molar-refractivity contribution in [2.24, 2.45) is 0 Å². The second-order valence-corrected chi connectivity index (χ2v) is 5.50. The van der Waals surface area contributed by atoms with E-state index in [0.717, 1.165) is 12.0 Å². The third-order valence-electron chi connectivity index (χ3n) is 3.44. The van der Waals surface area contributed by atoms with E-state index in [9.17, 15) is 4.79 Å². The monoisotopic (exact) mass is 302 g/mol. The first-order valence-corrected chi connectivity index (χ1v) is 7.27. The first kappa shape index (κ1) is 15.4. The van der Waals surface area contributed by atoms with Crippen molar-refractivity contribution >= 4 is 23.2 Å². The average molecular weight is 303 g/mol. The molecule has 2 N–H and O–H groups in total. The largest absolute Gasteiger partial charge is 0.398 e. The minimum absolute atomic E-state index is 0.108. The van der Waals surface area contributed by atoms with E-state index in [0.29, 0.717) is 22.8 Å². The maximum Gasteiger partial charge on any atom is 0.255 e. The van der Waals surface area contributed by atoms with E-state index in [4.69, 9.17) is 17.3 Å². The van der Waals surface area contributed by atoms with Crippen LogP contribution in [0, 0.1) is 0 Å². The first-order valence-electron chi connectivity index (χ1n) is 6.89. The Balaban J connectivity index is 2.11. The standard InChI is InChI=1S/C17H19ClN2O/c1-3-12-4-6-13(7-5-12)11-20(2)17(21)15-9-8-14(18)10-16(15)19/h4-10H,3,11,19H2,1-2H3. The Bertz CT molecular complexity index is 638. The van der Waals surface area contributed by atoms with Gasteiger partial charge in [0, 0.05) is 24.3 Å². The predicted octanol–water partition coefficient (Wildman–Crippen LogP) is 3.76. The zero-order chi connectivity index (χ0) is 15.4. The van der Waals surface area contributed by atoms with Gasteiger partial charge >= 0.3 is 0 Å². The lowest BCUT2D eigenvalue weighted by molar-refractivity contribution is 0.0786. The van der Waals surface area contributed by atoms with Crippen molar-refractivity contribution in [1.29, 1.82) is 0 Å². The summed E-state index contributed by atoms with van der Waals surface area (Å²) >= 11 is 5.85. The van der Waals surface area contributed by atoms with Gasteiger partial charge in [-0.3, -0.25) is 4.79 Å². The number of nitrogen functional groups attached to an aromatic ring is 1. The van der Waals surface area contributed by atoms with Crippen LogP contribution in [0.1, 0.15) is 28.4 Å². The normalized spacial score (nSPS) is 10.4. The van der Waals surface area contributed by atoms with Gasteiger partial charge in [-0.25, -0.2) is 0 Å². The Hall–Kier alpha value is -2.00. The SMILES string of the molecule is CCc1ccc(CN(C)C(=O)c2ccc(Cl)cc2N)cc1. The average Bonchev–Trinajstić information content (AvgIpc) is 2.47. The van der Waals surface area contributed by atoms with Gasteiger partial charge in [-0.05, 0) is 35.7 Å². The number of rotatable bonds is 4. The summed E-state index contributed by atoms with van der Waals surface area (Å²) in [6, 6.07) is 13.2. The van der Waals surface area contributed by atoms with Crippen LogP contribution in [0.2, 0.25) is 5.02 Å². The molecule has 2 aromatic rings. The number of amides is 1. The lowest BCUT2D eigenvalue weighted by Gasteiger charge is -2.18. The van der Waals surface area contributed by atoms with Gasteiger partial charge in [-0.15, -0.1) is 0 Å². The molecule has 2 rings (SSSR count). The van der Waals surface area contributed by atoms with Crippen molar-refractivity contribution in [2.75, 3.05) is 12.8 Å². The summed E-state index contributed by atoms with van der Waals surface area (Å²) in [6.45, 7) is 2.67. The molecule has 3 nitrogen and oxygen atoms in total. The van der Waals surface area contributed by atoms with Gasteiger partial charge < -0.3 is 10.6 Å². The number of nitrogens with two attached hydrogens (primary N) is 1. The molecule has 0 radical (unpaired) electrons. The van der Waals surface area contributed by atoms with Crippen LogP contribution in [-0.4, -0.2) is 17.9 Å². The molecule has 0 fully saturated rings. The third kappa shape index (κ3) is 3.76. The summed E-state index contributed by atoms with van der Waals surface area (Å²) in [6.07, 6.45) is 1.01. The highest BCUT2D eigenvalue weighted by Gasteiger charge is 2.15. The fraction of sp³-hybridized carbons (Fsp3) is 0.235. The Morgan fingerprint density at radius 2 is 1.76 bits per heavy atom. The summed E-state index contributed by atoms with van der Waals surface area (Å²) in [5.41, 5.74) is 9.12. The second kappa shape index (κ2) is 6.64. The number of hydrogen-bond donors (Lipinski definition) is 1. The molecule has 0 unspecified atom stereocenters. The van der Waals surface area contributed by atoms with Crippen LogP contribution in [0.3, 0.4) is 0 Å². The van der Waals surface area contributed by atoms with Crippen LogP contribution in [0.15, 0.2) is 42.5 Å². The maximum atomic E-state index is 12.4.